The van der Waals surface area contributed by atoms with Crippen molar-refractivity contribution in [3.8, 4) is 5.75 Å². The smallest absolute Gasteiger partial charge is 0.142 e. The fraction of sp³-hybridized carbons (Fsp3) is 0.625. The highest BCUT2D eigenvalue weighted by molar-refractivity contribution is 5.51. The molecule has 1 aromatic rings. The largest absolute Gasteiger partial charge is 0.489 e. The van der Waals surface area contributed by atoms with Gasteiger partial charge in [0.25, 0.3) is 0 Å². The van der Waals surface area contributed by atoms with Crippen LogP contribution < -0.4 is 10.5 Å². The molecular formula is C16H26N2O2. The van der Waals surface area contributed by atoms with Gasteiger partial charge < -0.3 is 15.6 Å². The Kier molecular flexibility index (Phi) is 5.68. The van der Waals surface area contributed by atoms with Crippen molar-refractivity contribution < 1.29 is 9.84 Å². The van der Waals surface area contributed by atoms with Gasteiger partial charge in [0.2, 0.25) is 0 Å². The lowest BCUT2D eigenvalue weighted by Crippen LogP contribution is -2.44. The minimum absolute atomic E-state index is 0.293. The molecule has 0 radical (unpaired) electrons. The molecule has 1 heterocycles. The van der Waals surface area contributed by atoms with Gasteiger partial charge in [-0.25, -0.2) is 0 Å². The number of aliphatic hydroxyl groups is 1. The van der Waals surface area contributed by atoms with Crippen molar-refractivity contribution in [3.05, 3.63) is 24.3 Å². The topological polar surface area (TPSA) is 58.7 Å². The molecule has 1 aliphatic rings. The van der Waals surface area contributed by atoms with Crippen LogP contribution in [-0.4, -0.2) is 41.8 Å². The van der Waals surface area contributed by atoms with Gasteiger partial charge in [0.15, 0.2) is 0 Å². The van der Waals surface area contributed by atoms with Crippen molar-refractivity contribution >= 4 is 5.69 Å². The standard InChI is InChI=1S/C16H26N2O2/c1-2-13-7-5-6-10-18(13)11-14(19)12-20-16-9-4-3-8-15(16)17/h3-4,8-9,13-14,19H,2,5-7,10-12,17H2,1H3. The molecule has 0 saturated carbocycles. The number of benzene rings is 1. The number of likely N-dealkylation sites (tertiary alicyclic amines) is 1. The molecule has 4 nitrogen and oxygen atoms in total. The van der Waals surface area contributed by atoms with E-state index in [-0.39, 0.29) is 0 Å². The van der Waals surface area contributed by atoms with Gasteiger partial charge in [0.1, 0.15) is 18.5 Å². The van der Waals surface area contributed by atoms with Gasteiger partial charge in [-0.1, -0.05) is 25.5 Å². The number of ether oxygens (including phenoxy) is 1. The van der Waals surface area contributed by atoms with Crippen LogP contribution in [0, 0.1) is 0 Å². The molecule has 0 bridgehead atoms. The second-order valence-electron chi connectivity index (χ2n) is 5.56. The summed E-state index contributed by atoms with van der Waals surface area (Å²) in [7, 11) is 0. The van der Waals surface area contributed by atoms with E-state index in [1.165, 1.54) is 19.3 Å². The minimum atomic E-state index is -0.471. The van der Waals surface area contributed by atoms with Crippen LogP contribution in [-0.2, 0) is 0 Å². The molecule has 112 valence electrons. The zero-order chi connectivity index (χ0) is 14.4. The summed E-state index contributed by atoms with van der Waals surface area (Å²) >= 11 is 0. The number of piperidine rings is 1. The van der Waals surface area contributed by atoms with Crippen molar-refractivity contribution in [2.45, 2.75) is 44.8 Å². The molecule has 3 N–H and O–H groups in total. The SMILES string of the molecule is CCC1CCCCN1CC(O)COc1ccccc1N. The summed E-state index contributed by atoms with van der Waals surface area (Å²) in [5.41, 5.74) is 6.43. The third-order valence-corrected chi connectivity index (χ3v) is 4.02. The van der Waals surface area contributed by atoms with Crippen LogP contribution in [0.4, 0.5) is 5.69 Å². The van der Waals surface area contributed by atoms with Crippen molar-refractivity contribution in [1.82, 2.24) is 4.90 Å². The van der Waals surface area contributed by atoms with Crippen LogP contribution in [0.5, 0.6) is 5.75 Å². The van der Waals surface area contributed by atoms with Crippen LogP contribution in [0.3, 0.4) is 0 Å². The van der Waals surface area contributed by atoms with E-state index in [1.807, 2.05) is 18.2 Å². The number of β-amino-alcohol motifs (C(OH)–C–C–N with tert-alkyl or cyclic N) is 1. The molecule has 1 aliphatic heterocycles. The van der Waals surface area contributed by atoms with E-state index in [2.05, 4.69) is 11.8 Å². The van der Waals surface area contributed by atoms with Crippen molar-refractivity contribution in [2.75, 3.05) is 25.4 Å². The molecule has 1 saturated heterocycles. The van der Waals surface area contributed by atoms with Crippen LogP contribution in [0.1, 0.15) is 32.6 Å². The molecule has 0 aliphatic carbocycles. The van der Waals surface area contributed by atoms with Gasteiger partial charge in [-0.15, -0.1) is 0 Å². The Bertz CT molecular complexity index is 411. The molecule has 0 spiro atoms. The number of hydrogen-bond acceptors (Lipinski definition) is 4. The number of rotatable bonds is 6. The number of aliphatic hydroxyl groups excluding tert-OH is 1. The van der Waals surface area contributed by atoms with E-state index in [9.17, 15) is 5.11 Å². The summed E-state index contributed by atoms with van der Waals surface area (Å²) in [5.74, 6) is 0.650. The average molecular weight is 278 g/mol. The number of nitrogens with zero attached hydrogens (tertiary/aromatic N) is 1. The first-order valence-electron chi connectivity index (χ1n) is 7.60. The number of anilines is 1. The third kappa shape index (κ3) is 4.12. The monoisotopic (exact) mass is 278 g/mol. The predicted octanol–water partition coefficient (Wildman–Crippen LogP) is 2.27. The Morgan fingerprint density at radius 2 is 2.20 bits per heavy atom. The maximum absolute atomic E-state index is 10.2. The van der Waals surface area contributed by atoms with E-state index < -0.39 is 6.10 Å². The Hall–Kier alpha value is -1.26. The lowest BCUT2D eigenvalue weighted by atomic mass is 10.00. The molecule has 2 unspecified atom stereocenters. The second-order valence-corrected chi connectivity index (χ2v) is 5.56. The Morgan fingerprint density at radius 1 is 1.40 bits per heavy atom. The molecule has 20 heavy (non-hydrogen) atoms. The Balaban J connectivity index is 1.80. The summed E-state index contributed by atoms with van der Waals surface area (Å²) in [6, 6.07) is 8.01. The first-order chi connectivity index (χ1) is 9.70. The molecule has 4 heteroatoms. The van der Waals surface area contributed by atoms with Gasteiger partial charge >= 0.3 is 0 Å². The maximum atomic E-state index is 10.2. The average Bonchev–Trinajstić information content (AvgIpc) is 2.47. The number of para-hydroxylation sites is 2. The highest BCUT2D eigenvalue weighted by atomic mass is 16.5. The quantitative estimate of drug-likeness (QED) is 0.784. The molecule has 0 aromatic heterocycles. The molecule has 0 amide bonds. The van der Waals surface area contributed by atoms with E-state index in [0.29, 0.717) is 30.6 Å². The van der Waals surface area contributed by atoms with Gasteiger partial charge in [-0.2, -0.15) is 0 Å². The van der Waals surface area contributed by atoms with Gasteiger partial charge in [-0.05, 0) is 37.9 Å². The van der Waals surface area contributed by atoms with E-state index >= 15 is 0 Å². The van der Waals surface area contributed by atoms with Crippen molar-refractivity contribution in [3.63, 3.8) is 0 Å². The molecule has 2 rings (SSSR count). The first-order valence-corrected chi connectivity index (χ1v) is 7.60. The molecule has 1 fully saturated rings. The van der Waals surface area contributed by atoms with Crippen LogP contribution in [0.25, 0.3) is 0 Å². The Morgan fingerprint density at radius 3 is 2.95 bits per heavy atom. The van der Waals surface area contributed by atoms with Gasteiger partial charge in [0.05, 0.1) is 5.69 Å². The van der Waals surface area contributed by atoms with E-state index in [0.717, 1.165) is 13.0 Å². The molecule has 1 aromatic carbocycles. The number of nitrogens with two attached hydrogens (primary N) is 1. The lowest BCUT2D eigenvalue weighted by molar-refractivity contribution is 0.0389. The van der Waals surface area contributed by atoms with Gasteiger partial charge in [0, 0.05) is 12.6 Å². The van der Waals surface area contributed by atoms with Crippen molar-refractivity contribution in [1.29, 1.82) is 0 Å². The fourth-order valence-electron chi connectivity index (χ4n) is 2.88. The summed E-state index contributed by atoms with van der Waals surface area (Å²) in [6.07, 6.45) is 4.47. The van der Waals surface area contributed by atoms with Crippen LogP contribution in [0.15, 0.2) is 24.3 Å². The Labute approximate surface area is 121 Å². The predicted molar refractivity (Wildman–Crippen MR) is 81.9 cm³/mol. The summed E-state index contributed by atoms with van der Waals surface area (Å²) in [4.78, 5) is 2.39. The summed E-state index contributed by atoms with van der Waals surface area (Å²) in [6.45, 7) is 4.28. The highest BCUT2D eigenvalue weighted by Crippen LogP contribution is 2.21. The van der Waals surface area contributed by atoms with E-state index in [1.54, 1.807) is 6.07 Å². The first kappa shape index (κ1) is 15.1. The zero-order valence-electron chi connectivity index (χ0n) is 12.3. The highest BCUT2D eigenvalue weighted by Gasteiger charge is 2.23. The third-order valence-electron chi connectivity index (χ3n) is 4.02. The summed E-state index contributed by atoms with van der Waals surface area (Å²) < 4.78 is 5.61. The summed E-state index contributed by atoms with van der Waals surface area (Å²) in [5, 5.41) is 10.2. The minimum Gasteiger partial charge on any atom is -0.489 e. The fourth-order valence-corrected chi connectivity index (χ4v) is 2.88. The zero-order valence-corrected chi connectivity index (χ0v) is 12.3. The lowest BCUT2D eigenvalue weighted by Gasteiger charge is -2.36. The van der Waals surface area contributed by atoms with Crippen LogP contribution >= 0.6 is 0 Å². The second kappa shape index (κ2) is 7.50. The molecular weight excluding hydrogens is 252 g/mol. The maximum Gasteiger partial charge on any atom is 0.142 e. The normalized spacial score (nSPS) is 21.6. The molecule has 2 atom stereocenters. The van der Waals surface area contributed by atoms with E-state index in [4.69, 9.17) is 10.5 Å². The van der Waals surface area contributed by atoms with Crippen LogP contribution in [0.2, 0.25) is 0 Å². The number of hydrogen-bond donors (Lipinski definition) is 2. The van der Waals surface area contributed by atoms with Crippen molar-refractivity contribution in [2.24, 2.45) is 0 Å². The number of nitrogen functional groups attached to an aromatic ring is 1. The van der Waals surface area contributed by atoms with Gasteiger partial charge in [-0.3, -0.25) is 4.90 Å².